The van der Waals surface area contributed by atoms with Crippen molar-refractivity contribution in [3.63, 3.8) is 0 Å². The molecule has 2 aromatic carbocycles. The number of carbonyl (C=O) groups is 2. The number of nitro benzene ring substituents is 1. The summed E-state index contributed by atoms with van der Waals surface area (Å²) >= 11 is 1.37. The monoisotopic (exact) mass is 396 g/mol. The third-order valence-corrected chi connectivity index (χ3v) is 5.63. The standard InChI is InChI=1S/C19H16N4O4S/c24-17-6-3-11-21(17)12-22(19-20-15-4-1-2-5-16(15)28-19)18(25)13-7-9-14(10-8-13)23(26)27/h1-2,4-5,7-10H,3,6,11-12H2. The number of aromatic nitrogens is 1. The fourth-order valence-corrected chi connectivity index (χ4v) is 4.05. The van der Waals surface area contributed by atoms with E-state index in [0.29, 0.717) is 23.7 Å². The largest absolute Gasteiger partial charge is 0.324 e. The molecular weight excluding hydrogens is 380 g/mol. The van der Waals surface area contributed by atoms with E-state index in [0.717, 1.165) is 16.6 Å². The number of fused-ring (bicyclic) bond motifs is 1. The molecule has 1 saturated heterocycles. The van der Waals surface area contributed by atoms with Gasteiger partial charge in [-0.2, -0.15) is 0 Å². The van der Waals surface area contributed by atoms with E-state index in [2.05, 4.69) is 4.98 Å². The average Bonchev–Trinajstić information content (AvgIpc) is 3.31. The first kappa shape index (κ1) is 18.1. The lowest BCUT2D eigenvalue weighted by atomic mass is 10.2. The van der Waals surface area contributed by atoms with Crippen LogP contribution < -0.4 is 4.90 Å². The molecule has 2 heterocycles. The maximum atomic E-state index is 13.2. The molecule has 3 aromatic rings. The van der Waals surface area contributed by atoms with E-state index < -0.39 is 4.92 Å². The first-order valence-corrected chi connectivity index (χ1v) is 9.54. The van der Waals surface area contributed by atoms with Gasteiger partial charge in [-0.05, 0) is 30.7 Å². The molecule has 0 N–H and O–H groups in total. The number of nitro groups is 1. The Hall–Kier alpha value is -3.33. The van der Waals surface area contributed by atoms with Gasteiger partial charge >= 0.3 is 0 Å². The van der Waals surface area contributed by atoms with E-state index in [1.807, 2.05) is 24.3 Å². The van der Waals surface area contributed by atoms with Crippen molar-refractivity contribution < 1.29 is 14.5 Å². The lowest BCUT2D eigenvalue weighted by Gasteiger charge is -2.26. The van der Waals surface area contributed by atoms with Gasteiger partial charge in [0.15, 0.2) is 5.13 Å². The summed E-state index contributed by atoms with van der Waals surface area (Å²) in [5, 5.41) is 11.4. The van der Waals surface area contributed by atoms with Crippen LogP contribution in [-0.4, -0.2) is 39.8 Å². The van der Waals surface area contributed by atoms with E-state index in [1.165, 1.54) is 40.5 Å². The topological polar surface area (TPSA) is 96.7 Å². The van der Waals surface area contributed by atoms with Crippen LogP contribution in [0.3, 0.4) is 0 Å². The number of hydrogen-bond acceptors (Lipinski definition) is 6. The SMILES string of the molecule is O=C1CCCN1CN(C(=O)c1ccc([N+](=O)[O-])cc1)c1nc2ccccc2s1. The molecule has 142 valence electrons. The second-order valence-electron chi connectivity index (χ2n) is 6.40. The minimum absolute atomic E-state index is 0.00242. The van der Waals surface area contributed by atoms with E-state index in [9.17, 15) is 19.7 Å². The van der Waals surface area contributed by atoms with Gasteiger partial charge in [-0.25, -0.2) is 4.98 Å². The van der Waals surface area contributed by atoms with E-state index in [4.69, 9.17) is 0 Å². The summed E-state index contributed by atoms with van der Waals surface area (Å²) < 4.78 is 0.937. The number of nitrogens with zero attached hydrogens (tertiary/aromatic N) is 4. The van der Waals surface area contributed by atoms with E-state index in [-0.39, 0.29) is 24.2 Å². The van der Waals surface area contributed by atoms with E-state index >= 15 is 0 Å². The van der Waals surface area contributed by atoms with Gasteiger partial charge in [0.05, 0.1) is 15.1 Å². The summed E-state index contributed by atoms with van der Waals surface area (Å²) in [6.45, 7) is 0.697. The Morgan fingerprint density at radius 2 is 1.96 bits per heavy atom. The molecular formula is C19H16N4O4S. The second kappa shape index (κ2) is 7.35. The maximum Gasteiger partial charge on any atom is 0.269 e. The van der Waals surface area contributed by atoms with E-state index in [1.54, 1.807) is 4.90 Å². The number of rotatable bonds is 5. The number of thiazole rings is 1. The fourth-order valence-electron chi connectivity index (χ4n) is 3.09. The lowest BCUT2D eigenvalue weighted by molar-refractivity contribution is -0.384. The predicted octanol–water partition coefficient (Wildman–Crippen LogP) is 3.43. The maximum absolute atomic E-state index is 13.2. The molecule has 0 aliphatic carbocycles. The molecule has 1 aliphatic rings. The Labute approximate surface area is 164 Å². The fraction of sp³-hybridized carbons (Fsp3) is 0.211. The highest BCUT2D eigenvalue weighted by molar-refractivity contribution is 7.22. The Balaban J connectivity index is 1.69. The number of hydrogen-bond donors (Lipinski definition) is 0. The van der Waals surface area contributed by atoms with Gasteiger partial charge in [0.1, 0.15) is 6.67 Å². The van der Waals surface area contributed by atoms with Crippen LogP contribution in [0.2, 0.25) is 0 Å². The molecule has 28 heavy (non-hydrogen) atoms. The van der Waals surface area contributed by atoms with Crippen LogP contribution in [0.5, 0.6) is 0 Å². The van der Waals surface area contributed by atoms with Crippen LogP contribution in [0.1, 0.15) is 23.2 Å². The van der Waals surface area contributed by atoms with Crippen molar-refractivity contribution >= 4 is 44.2 Å². The van der Waals surface area contributed by atoms with Crippen molar-refractivity contribution in [1.29, 1.82) is 0 Å². The van der Waals surface area contributed by atoms with Gasteiger partial charge in [-0.3, -0.25) is 24.6 Å². The van der Waals surface area contributed by atoms with Crippen LogP contribution >= 0.6 is 11.3 Å². The quantitative estimate of drug-likeness (QED) is 0.486. The minimum atomic E-state index is -0.511. The third kappa shape index (κ3) is 3.44. The second-order valence-corrected chi connectivity index (χ2v) is 7.41. The third-order valence-electron chi connectivity index (χ3n) is 4.57. The van der Waals surface area contributed by atoms with Crippen molar-refractivity contribution in [2.24, 2.45) is 0 Å². The number of para-hydroxylation sites is 1. The van der Waals surface area contributed by atoms with Gasteiger partial charge in [0, 0.05) is 30.7 Å². The number of anilines is 1. The number of likely N-dealkylation sites (tertiary alicyclic amines) is 1. The molecule has 0 bridgehead atoms. The first-order valence-electron chi connectivity index (χ1n) is 8.72. The average molecular weight is 396 g/mol. The van der Waals surface area contributed by atoms with Gasteiger partial charge in [-0.1, -0.05) is 23.5 Å². The van der Waals surface area contributed by atoms with Crippen molar-refractivity contribution in [3.8, 4) is 0 Å². The van der Waals surface area contributed by atoms with Gasteiger partial charge < -0.3 is 4.90 Å². The van der Waals surface area contributed by atoms with Crippen molar-refractivity contribution in [2.45, 2.75) is 12.8 Å². The molecule has 4 rings (SSSR count). The Morgan fingerprint density at radius 1 is 1.21 bits per heavy atom. The lowest BCUT2D eigenvalue weighted by Crippen LogP contribution is -2.42. The van der Waals surface area contributed by atoms with Gasteiger partial charge in [0.2, 0.25) is 5.91 Å². The Bertz CT molecular complexity index is 1030. The molecule has 0 radical (unpaired) electrons. The summed E-state index contributed by atoms with van der Waals surface area (Å²) in [5.41, 5.74) is 0.992. The number of amides is 2. The molecule has 0 spiro atoms. The molecule has 1 aliphatic heterocycles. The highest BCUT2D eigenvalue weighted by Crippen LogP contribution is 2.30. The summed E-state index contributed by atoms with van der Waals surface area (Å²) in [5.74, 6) is -0.351. The highest BCUT2D eigenvalue weighted by atomic mass is 32.1. The Kier molecular flexibility index (Phi) is 4.74. The zero-order valence-electron chi connectivity index (χ0n) is 14.8. The zero-order valence-corrected chi connectivity index (χ0v) is 15.6. The van der Waals surface area contributed by atoms with Gasteiger partial charge in [-0.15, -0.1) is 0 Å². The molecule has 2 amide bonds. The highest BCUT2D eigenvalue weighted by Gasteiger charge is 2.28. The molecule has 0 saturated carbocycles. The molecule has 9 heteroatoms. The number of benzene rings is 2. The summed E-state index contributed by atoms with van der Waals surface area (Å²) in [6, 6.07) is 13.0. The number of non-ortho nitro benzene ring substituents is 1. The van der Waals surface area contributed by atoms with Crippen LogP contribution in [0.4, 0.5) is 10.8 Å². The normalized spacial score (nSPS) is 13.9. The minimum Gasteiger partial charge on any atom is -0.324 e. The van der Waals surface area contributed by atoms with Gasteiger partial charge in [0.25, 0.3) is 11.6 Å². The molecule has 1 fully saturated rings. The van der Waals surface area contributed by atoms with Crippen LogP contribution in [0.15, 0.2) is 48.5 Å². The van der Waals surface area contributed by atoms with Crippen molar-refractivity contribution in [3.05, 3.63) is 64.2 Å². The van der Waals surface area contributed by atoms with Crippen molar-refractivity contribution in [2.75, 3.05) is 18.1 Å². The van der Waals surface area contributed by atoms with Crippen LogP contribution in [0, 0.1) is 10.1 Å². The number of carbonyl (C=O) groups excluding carboxylic acids is 2. The summed E-state index contributed by atoms with van der Waals surface area (Å²) in [6.07, 6.45) is 1.23. The molecule has 0 unspecified atom stereocenters. The molecule has 0 atom stereocenters. The van der Waals surface area contributed by atoms with Crippen LogP contribution in [-0.2, 0) is 4.79 Å². The first-order chi connectivity index (χ1) is 13.5. The molecule has 1 aromatic heterocycles. The zero-order chi connectivity index (χ0) is 19.7. The smallest absolute Gasteiger partial charge is 0.269 e. The summed E-state index contributed by atoms with van der Waals surface area (Å²) in [4.78, 5) is 43.3. The Morgan fingerprint density at radius 3 is 2.61 bits per heavy atom. The summed E-state index contributed by atoms with van der Waals surface area (Å²) in [7, 11) is 0. The van der Waals surface area contributed by atoms with Crippen LogP contribution in [0.25, 0.3) is 10.2 Å². The van der Waals surface area contributed by atoms with Crippen molar-refractivity contribution in [1.82, 2.24) is 9.88 Å². The molecule has 8 nitrogen and oxygen atoms in total. The predicted molar refractivity (Wildman–Crippen MR) is 105 cm³/mol.